The van der Waals surface area contributed by atoms with Crippen LogP contribution in [0.1, 0.15) is 39.0 Å². The van der Waals surface area contributed by atoms with E-state index in [2.05, 4.69) is 28.9 Å². The average molecular weight is 441 g/mol. The summed E-state index contributed by atoms with van der Waals surface area (Å²) in [6.07, 6.45) is 5.95. The lowest BCUT2D eigenvalue weighted by Gasteiger charge is -2.51. The molecule has 0 bridgehead atoms. The van der Waals surface area contributed by atoms with E-state index in [1.807, 2.05) is 12.1 Å². The summed E-state index contributed by atoms with van der Waals surface area (Å²) in [5.74, 6) is 1.91. The molecule has 0 amide bonds. The highest BCUT2D eigenvalue weighted by Gasteiger charge is 2.65. The number of rotatable bonds is 4. The van der Waals surface area contributed by atoms with E-state index in [4.69, 9.17) is 14.2 Å². The second-order valence-electron chi connectivity index (χ2n) is 11.1. The van der Waals surface area contributed by atoms with Gasteiger partial charge in [-0.05, 0) is 67.7 Å². The largest absolute Gasteiger partial charge is 0.497 e. The van der Waals surface area contributed by atoms with E-state index in [1.54, 1.807) is 7.11 Å². The Bertz CT molecular complexity index is 861. The van der Waals surface area contributed by atoms with E-state index in [1.165, 1.54) is 24.9 Å². The number of carbonyl (C=O) groups excluding carboxylic acids is 1. The first-order chi connectivity index (χ1) is 15.5. The van der Waals surface area contributed by atoms with Gasteiger partial charge in [0.25, 0.3) is 0 Å². The summed E-state index contributed by atoms with van der Waals surface area (Å²) in [7, 11) is 1.70. The summed E-state index contributed by atoms with van der Waals surface area (Å²) < 4.78 is 17.3. The van der Waals surface area contributed by atoms with Gasteiger partial charge in [0.2, 0.25) is 0 Å². The van der Waals surface area contributed by atoms with Crippen LogP contribution in [0, 0.1) is 23.2 Å². The number of piperazine rings is 1. The minimum Gasteiger partial charge on any atom is -0.497 e. The maximum atomic E-state index is 12.9. The predicted molar refractivity (Wildman–Crippen MR) is 122 cm³/mol. The third-order valence-electron chi connectivity index (χ3n) is 9.34. The lowest BCUT2D eigenvalue weighted by Crippen LogP contribution is -2.52. The van der Waals surface area contributed by atoms with Crippen molar-refractivity contribution in [2.75, 3.05) is 51.3 Å². The third kappa shape index (κ3) is 3.41. The molecule has 3 aliphatic heterocycles. The minimum absolute atomic E-state index is 0.0230. The maximum Gasteiger partial charge on any atom is 0.310 e. The first-order valence-electron chi connectivity index (χ1n) is 12.5. The average Bonchev–Trinajstić information content (AvgIpc) is 3.51. The van der Waals surface area contributed by atoms with Gasteiger partial charge in [0, 0.05) is 44.3 Å². The molecule has 1 aromatic rings. The topological polar surface area (TPSA) is 54.5 Å². The molecule has 0 radical (unpaired) electrons. The standard InChI is InChI=1S/C26H36N2O4/c1-25-8-3-9-26(17-31-26)23(25)14-20-21(24(29)32-22(20)15-25)16-27-10-12-28(13-11-27)18-4-6-19(30-2)7-5-18/h4-7,20-23H,3,8-17H2,1-2H3/t20?,21?,22?,23?,25-,26+/m1/s1. The predicted octanol–water partition coefficient (Wildman–Crippen LogP) is 3.34. The van der Waals surface area contributed by atoms with Crippen LogP contribution in [0.3, 0.4) is 0 Å². The number of methoxy groups -OCH3 is 1. The van der Waals surface area contributed by atoms with Crippen LogP contribution in [0.4, 0.5) is 5.69 Å². The first-order valence-corrected chi connectivity index (χ1v) is 12.5. The summed E-state index contributed by atoms with van der Waals surface area (Å²) >= 11 is 0. The molecule has 2 saturated carbocycles. The SMILES string of the molecule is COc1ccc(N2CCN(CC3C(=O)OC4C[C@@]5(C)CCC[C@]6(CO6)C5CC43)CC2)cc1. The molecule has 1 aromatic carbocycles. The fourth-order valence-electron chi connectivity index (χ4n) is 7.43. The van der Waals surface area contributed by atoms with Gasteiger partial charge >= 0.3 is 5.97 Å². The lowest BCUT2D eigenvalue weighted by atomic mass is 9.53. The zero-order valence-corrected chi connectivity index (χ0v) is 19.4. The van der Waals surface area contributed by atoms with Crippen LogP contribution in [-0.2, 0) is 14.3 Å². The molecular formula is C26H36N2O4. The molecule has 5 fully saturated rings. The Kier molecular flexibility index (Phi) is 4.95. The van der Waals surface area contributed by atoms with Crippen molar-refractivity contribution in [2.24, 2.45) is 23.2 Å². The van der Waals surface area contributed by atoms with Gasteiger partial charge in [-0.3, -0.25) is 9.69 Å². The normalized spacial score (nSPS) is 41.2. The summed E-state index contributed by atoms with van der Waals surface area (Å²) in [5, 5.41) is 0. The van der Waals surface area contributed by atoms with Gasteiger partial charge in [-0.15, -0.1) is 0 Å². The Labute approximate surface area is 191 Å². The minimum atomic E-state index is 0.0230. The van der Waals surface area contributed by atoms with Crippen LogP contribution < -0.4 is 9.64 Å². The van der Waals surface area contributed by atoms with Crippen molar-refractivity contribution < 1.29 is 19.0 Å². The Morgan fingerprint density at radius 3 is 2.56 bits per heavy atom. The summed E-state index contributed by atoms with van der Waals surface area (Å²) in [4.78, 5) is 17.8. The molecular weight excluding hydrogens is 404 g/mol. The van der Waals surface area contributed by atoms with Crippen LogP contribution in [0.2, 0.25) is 0 Å². The number of epoxide rings is 1. The highest BCUT2D eigenvalue weighted by atomic mass is 16.6. The maximum absolute atomic E-state index is 12.9. The van der Waals surface area contributed by atoms with Crippen molar-refractivity contribution in [1.82, 2.24) is 4.90 Å². The van der Waals surface area contributed by atoms with Gasteiger partial charge in [0.1, 0.15) is 11.9 Å². The molecule has 0 N–H and O–H groups in total. The number of hydrogen-bond acceptors (Lipinski definition) is 6. The number of anilines is 1. The second kappa shape index (κ2) is 7.63. The third-order valence-corrected chi connectivity index (χ3v) is 9.34. The highest BCUT2D eigenvalue weighted by Crippen LogP contribution is 2.62. The molecule has 6 rings (SSSR count). The Morgan fingerprint density at radius 1 is 1.12 bits per heavy atom. The molecule has 32 heavy (non-hydrogen) atoms. The van der Waals surface area contributed by atoms with Crippen LogP contribution in [0.25, 0.3) is 0 Å². The quantitative estimate of drug-likeness (QED) is 0.529. The number of esters is 1. The van der Waals surface area contributed by atoms with Crippen molar-refractivity contribution >= 4 is 11.7 Å². The summed E-state index contributed by atoms with van der Waals surface area (Å²) in [5.41, 5.74) is 1.64. The van der Waals surface area contributed by atoms with Crippen LogP contribution in [0.15, 0.2) is 24.3 Å². The van der Waals surface area contributed by atoms with Gasteiger partial charge in [0.05, 0.1) is 25.2 Å². The molecule has 6 nitrogen and oxygen atoms in total. The monoisotopic (exact) mass is 440 g/mol. The van der Waals surface area contributed by atoms with Crippen LogP contribution in [0.5, 0.6) is 5.75 Å². The number of carbonyl (C=O) groups is 1. The van der Waals surface area contributed by atoms with E-state index in [0.717, 1.165) is 57.9 Å². The van der Waals surface area contributed by atoms with Crippen LogP contribution in [-0.4, -0.2) is 69.0 Å². The van der Waals surface area contributed by atoms with Gasteiger partial charge in [-0.1, -0.05) is 6.92 Å². The molecule has 174 valence electrons. The van der Waals surface area contributed by atoms with E-state index < -0.39 is 0 Å². The number of hydrogen-bond donors (Lipinski definition) is 0. The fourth-order valence-corrected chi connectivity index (χ4v) is 7.43. The van der Waals surface area contributed by atoms with Crippen molar-refractivity contribution in [2.45, 2.75) is 50.7 Å². The van der Waals surface area contributed by atoms with Crippen molar-refractivity contribution in [1.29, 1.82) is 0 Å². The molecule has 1 spiro atoms. The molecule has 3 saturated heterocycles. The van der Waals surface area contributed by atoms with Gasteiger partial charge in [-0.25, -0.2) is 0 Å². The molecule has 4 unspecified atom stereocenters. The summed E-state index contributed by atoms with van der Waals surface area (Å²) in [6, 6.07) is 8.31. The van der Waals surface area contributed by atoms with Crippen molar-refractivity contribution in [3.05, 3.63) is 24.3 Å². The number of nitrogens with zero attached hydrogens (tertiary/aromatic N) is 2. The Morgan fingerprint density at radius 2 is 1.88 bits per heavy atom. The van der Waals surface area contributed by atoms with Gasteiger partial charge in [-0.2, -0.15) is 0 Å². The molecule has 6 heteroatoms. The molecule has 3 heterocycles. The Hall–Kier alpha value is -1.79. The zero-order valence-electron chi connectivity index (χ0n) is 19.4. The zero-order chi connectivity index (χ0) is 21.9. The molecule has 5 aliphatic rings. The van der Waals surface area contributed by atoms with Crippen LogP contribution >= 0.6 is 0 Å². The van der Waals surface area contributed by atoms with E-state index in [9.17, 15) is 4.79 Å². The number of fused-ring (bicyclic) bond motifs is 3. The first kappa shape index (κ1) is 20.8. The second-order valence-corrected chi connectivity index (χ2v) is 11.1. The highest BCUT2D eigenvalue weighted by molar-refractivity contribution is 5.75. The molecule has 0 aromatic heterocycles. The van der Waals surface area contributed by atoms with E-state index >= 15 is 0 Å². The lowest BCUT2D eigenvalue weighted by molar-refractivity contribution is -0.147. The van der Waals surface area contributed by atoms with Crippen molar-refractivity contribution in [3.63, 3.8) is 0 Å². The van der Waals surface area contributed by atoms with Gasteiger partial charge < -0.3 is 19.1 Å². The van der Waals surface area contributed by atoms with Gasteiger partial charge in [0.15, 0.2) is 0 Å². The number of ether oxygens (including phenoxy) is 3. The smallest absolute Gasteiger partial charge is 0.310 e. The number of benzene rings is 1. The molecule has 6 atom stereocenters. The van der Waals surface area contributed by atoms with E-state index in [-0.39, 0.29) is 29.0 Å². The molecule has 2 aliphatic carbocycles. The van der Waals surface area contributed by atoms with E-state index in [0.29, 0.717) is 11.8 Å². The Balaban J connectivity index is 1.10. The van der Waals surface area contributed by atoms with Crippen molar-refractivity contribution in [3.8, 4) is 5.75 Å². The summed E-state index contributed by atoms with van der Waals surface area (Å²) in [6.45, 7) is 8.14. The fraction of sp³-hybridized carbons (Fsp3) is 0.731.